The van der Waals surface area contributed by atoms with Gasteiger partial charge in [0.2, 0.25) is 0 Å². The molecule has 19 heavy (non-hydrogen) atoms. The lowest BCUT2D eigenvalue weighted by molar-refractivity contribution is 0.534. The van der Waals surface area contributed by atoms with Crippen molar-refractivity contribution in [3.63, 3.8) is 0 Å². The minimum Gasteiger partial charge on any atom is -0.465 e. The van der Waals surface area contributed by atoms with Crippen molar-refractivity contribution >= 4 is 40.7 Å². The van der Waals surface area contributed by atoms with Gasteiger partial charge in [0.05, 0.1) is 6.26 Å². The highest BCUT2D eigenvalue weighted by Crippen LogP contribution is 2.29. The number of hydrogen-bond donors (Lipinski definition) is 0. The number of benzene rings is 1. The molecule has 2 heterocycles. The Morgan fingerprint density at radius 2 is 1.89 bits per heavy atom. The first-order valence-electron chi connectivity index (χ1n) is 5.67. The van der Waals surface area contributed by atoms with E-state index in [2.05, 4.69) is 0 Å². The predicted octanol–water partition coefficient (Wildman–Crippen LogP) is 4.72. The van der Waals surface area contributed by atoms with Gasteiger partial charge in [-0.3, -0.25) is 0 Å². The monoisotopic (exact) mass is 288 g/mol. The van der Waals surface area contributed by atoms with Crippen LogP contribution in [-0.4, -0.2) is 5.05 Å². The van der Waals surface area contributed by atoms with Crippen molar-refractivity contribution < 1.29 is 9.15 Å². The van der Waals surface area contributed by atoms with Gasteiger partial charge in [0, 0.05) is 16.2 Å². The summed E-state index contributed by atoms with van der Waals surface area (Å²) in [6, 6.07) is 11.1. The van der Waals surface area contributed by atoms with Gasteiger partial charge in [-0.25, -0.2) is 0 Å². The zero-order chi connectivity index (χ0) is 13.2. The minimum atomic E-state index is 0.446. The average molecular weight is 289 g/mol. The molecule has 0 aliphatic carbocycles. The van der Waals surface area contributed by atoms with Crippen LogP contribution in [0.1, 0.15) is 11.3 Å². The second-order valence-electron chi connectivity index (χ2n) is 4.02. The Morgan fingerprint density at radius 3 is 2.58 bits per heavy atom. The van der Waals surface area contributed by atoms with Crippen LogP contribution in [0.5, 0.6) is 0 Å². The van der Waals surface area contributed by atoms with Crippen molar-refractivity contribution in [1.29, 1.82) is 0 Å². The van der Waals surface area contributed by atoms with E-state index in [0.29, 0.717) is 10.1 Å². The van der Waals surface area contributed by atoms with E-state index in [1.165, 1.54) is 0 Å². The van der Waals surface area contributed by atoms with Crippen LogP contribution in [0, 0.1) is 0 Å². The van der Waals surface area contributed by atoms with Crippen molar-refractivity contribution in [3.05, 3.63) is 70.7 Å². The fourth-order valence-electron chi connectivity index (χ4n) is 1.77. The highest BCUT2D eigenvalue weighted by Gasteiger charge is 2.18. The fourth-order valence-corrected chi connectivity index (χ4v) is 2.11. The lowest BCUT2D eigenvalue weighted by atomic mass is 10.1. The topological polar surface area (TPSA) is 22.4 Å². The molecule has 1 aliphatic rings. The summed E-state index contributed by atoms with van der Waals surface area (Å²) in [7, 11) is 0. The number of thiocarbonyl (C=S) groups is 1. The summed E-state index contributed by atoms with van der Waals surface area (Å²) in [4.78, 5) is 0. The first kappa shape index (κ1) is 12.2. The molecule has 3 rings (SSSR count). The molecule has 0 atom stereocenters. The fraction of sp³-hybridized carbons (Fsp3) is 0. The van der Waals surface area contributed by atoms with Gasteiger partial charge in [-0.15, -0.1) is 0 Å². The van der Waals surface area contributed by atoms with Crippen LogP contribution in [0.15, 0.2) is 58.7 Å². The van der Waals surface area contributed by atoms with E-state index in [0.717, 1.165) is 22.7 Å². The summed E-state index contributed by atoms with van der Waals surface area (Å²) in [6.45, 7) is 0. The molecule has 1 aromatic carbocycles. The van der Waals surface area contributed by atoms with Gasteiger partial charge >= 0.3 is 0 Å². The normalized spacial score (nSPS) is 16.6. The molecule has 0 N–H and O–H groups in total. The van der Waals surface area contributed by atoms with E-state index < -0.39 is 0 Å². The van der Waals surface area contributed by atoms with E-state index >= 15 is 0 Å². The maximum absolute atomic E-state index is 5.86. The van der Waals surface area contributed by atoms with E-state index in [-0.39, 0.29) is 0 Å². The zero-order valence-electron chi connectivity index (χ0n) is 9.80. The lowest BCUT2D eigenvalue weighted by Gasteiger charge is -2.02. The molecule has 2 aromatic rings. The Kier molecular flexibility index (Phi) is 3.23. The van der Waals surface area contributed by atoms with Crippen LogP contribution in [0.25, 0.3) is 11.8 Å². The second-order valence-corrected chi connectivity index (χ2v) is 4.83. The number of halogens is 1. The molecule has 0 saturated heterocycles. The summed E-state index contributed by atoms with van der Waals surface area (Å²) in [5, 5.41) is 1.14. The van der Waals surface area contributed by atoms with Gasteiger partial charge in [0.1, 0.15) is 11.5 Å². The Labute approximate surface area is 120 Å². The maximum atomic E-state index is 5.86. The average Bonchev–Trinajstić information content (AvgIpc) is 3.02. The van der Waals surface area contributed by atoms with Gasteiger partial charge in [-0.05, 0) is 60.8 Å². The molecule has 0 unspecified atom stereocenters. The van der Waals surface area contributed by atoms with E-state index in [9.17, 15) is 0 Å². The Balaban J connectivity index is 1.93. The molecule has 0 radical (unpaired) electrons. The lowest BCUT2D eigenvalue weighted by Crippen LogP contribution is -1.93. The predicted molar refractivity (Wildman–Crippen MR) is 79.8 cm³/mol. The van der Waals surface area contributed by atoms with Crippen LogP contribution >= 0.6 is 23.8 Å². The van der Waals surface area contributed by atoms with E-state index in [4.69, 9.17) is 33.0 Å². The van der Waals surface area contributed by atoms with Crippen molar-refractivity contribution in [1.82, 2.24) is 0 Å². The van der Waals surface area contributed by atoms with E-state index in [1.54, 1.807) is 6.26 Å². The first-order chi connectivity index (χ1) is 9.22. The first-order valence-corrected chi connectivity index (χ1v) is 6.46. The molecular weight excluding hydrogens is 280 g/mol. The summed E-state index contributed by atoms with van der Waals surface area (Å²) in [5.41, 5.74) is 1.77. The van der Waals surface area contributed by atoms with Gasteiger partial charge in [-0.1, -0.05) is 11.6 Å². The van der Waals surface area contributed by atoms with E-state index in [1.807, 2.05) is 48.6 Å². The molecule has 0 amide bonds. The third-order valence-electron chi connectivity index (χ3n) is 2.69. The molecule has 94 valence electrons. The standard InChI is InChI=1S/C15H9ClO2S/c16-12-5-3-10(4-6-12)14-9-11(15(19)18-14)8-13-2-1-7-17-13/h1-9H/b11-8+. The summed E-state index contributed by atoms with van der Waals surface area (Å²) in [6.07, 6.45) is 5.37. The van der Waals surface area contributed by atoms with Crippen LogP contribution in [-0.2, 0) is 4.74 Å². The molecule has 1 aliphatic heterocycles. The minimum absolute atomic E-state index is 0.446. The van der Waals surface area contributed by atoms with Gasteiger partial charge < -0.3 is 9.15 Å². The quantitative estimate of drug-likeness (QED) is 0.590. The molecule has 4 heteroatoms. The highest BCUT2D eigenvalue weighted by molar-refractivity contribution is 7.80. The zero-order valence-corrected chi connectivity index (χ0v) is 11.4. The van der Waals surface area contributed by atoms with Gasteiger partial charge in [0.25, 0.3) is 0 Å². The van der Waals surface area contributed by atoms with Gasteiger partial charge in [-0.2, -0.15) is 0 Å². The van der Waals surface area contributed by atoms with Crippen molar-refractivity contribution in [2.75, 3.05) is 0 Å². The largest absolute Gasteiger partial charge is 0.465 e. The molecule has 0 bridgehead atoms. The third kappa shape index (κ3) is 2.62. The van der Waals surface area contributed by atoms with Crippen LogP contribution < -0.4 is 0 Å². The Morgan fingerprint density at radius 1 is 1.11 bits per heavy atom. The molecular formula is C15H9ClO2S. The Bertz CT molecular complexity index is 667. The second kappa shape index (κ2) is 5.03. The molecule has 0 spiro atoms. The number of furan rings is 1. The van der Waals surface area contributed by atoms with Gasteiger partial charge in [0.15, 0.2) is 5.05 Å². The molecule has 0 fully saturated rings. The number of rotatable bonds is 2. The number of ether oxygens (including phenoxy) is 1. The Hall–Kier alpha value is -1.84. The summed E-state index contributed by atoms with van der Waals surface area (Å²) in [5.74, 6) is 1.47. The number of hydrogen-bond acceptors (Lipinski definition) is 3. The third-order valence-corrected chi connectivity index (χ3v) is 3.27. The van der Waals surface area contributed by atoms with Crippen molar-refractivity contribution in [2.24, 2.45) is 0 Å². The molecule has 0 saturated carbocycles. The molecule has 2 nitrogen and oxygen atoms in total. The summed E-state index contributed by atoms with van der Waals surface area (Å²) < 4.78 is 10.9. The van der Waals surface area contributed by atoms with Crippen molar-refractivity contribution in [3.8, 4) is 0 Å². The SMILES string of the molecule is S=C1OC(c2ccc(Cl)cc2)=C/C1=C\c1ccco1. The maximum Gasteiger partial charge on any atom is 0.198 e. The smallest absolute Gasteiger partial charge is 0.198 e. The molecule has 1 aromatic heterocycles. The van der Waals surface area contributed by atoms with Crippen molar-refractivity contribution in [2.45, 2.75) is 0 Å². The highest BCUT2D eigenvalue weighted by atomic mass is 35.5. The van der Waals surface area contributed by atoms with Crippen LogP contribution in [0.3, 0.4) is 0 Å². The van der Waals surface area contributed by atoms with Crippen LogP contribution in [0.2, 0.25) is 5.02 Å². The summed E-state index contributed by atoms with van der Waals surface area (Å²) >= 11 is 11.1. The van der Waals surface area contributed by atoms with Crippen LogP contribution in [0.4, 0.5) is 0 Å².